The molecular formula is C62H92N12O25. The SMILES string of the molecule is CCCCCCCC1OCC2OC(OC3C(CO)OC(Oc4ccc(CC5NC(=O)C(C(C)c6ccccc6)NC(=O)CNC(=O)C(CO)NC(=O)C(C(O)C6CNC(=N)N6C6OC(CO)C(O)C(O)C6O)NC(=O)C(C(O)C6CNC(=N)N6)NC5=O)cc4)C(O)C3O)C(O)C(O)C2O1. The smallest absolute Gasteiger partial charge is 0.246 e. The summed E-state index contributed by atoms with van der Waals surface area (Å²) in [5.41, 5.74) is 0.739. The summed E-state index contributed by atoms with van der Waals surface area (Å²) in [5, 5.41) is 172. The molecule has 23 N–H and O–H groups in total. The third-order valence-corrected chi connectivity index (χ3v) is 18.7. The lowest BCUT2D eigenvalue weighted by Crippen LogP contribution is -2.69. The van der Waals surface area contributed by atoms with E-state index in [4.69, 9.17) is 44.0 Å². The van der Waals surface area contributed by atoms with Crippen molar-refractivity contribution in [3.63, 3.8) is 0 Å². The number of amides is 6. The van der Waals surface area contributed by atoms with Gasteiger partial charge in [-0.05, 0) is 36.1 Å². The summed E-state index contributed by atoms with van der Waals surface area (Å²) in [4.78, 5) is 88.3. The van der Waals surface area contributed by atoms with Gasteiger partial charge in [-0.15, -0.1) is 0 Å². The van der Waals surface area contributed by atoms with Crippen molar-refractivity contribution in [3.05, 3.63) is 65.7 Å². The number of carbonyl (C=O) groups is 6. The fourth-order valence-corrected chi connectivity index (χ4v) is 12.9. The largest absolute Gasteiger partial charge is 0.462 e. The zero-order valence-corrected chi connectivity index (χ0v) is 54.2. The minimum atomic E-state index is -2.35. The van der Waals surface area contributed by atoms with Gasteiger partial charge < -0.3 is 147 Å². The van der Waals surface area contributed by atoms with Crippen LogP contribution >= 0.6 is 0 Å². The number of carbonyl (C=O) groups excluding carboxylic acids is 6. The van der Waals surface area contributed by atoms with Crippen molar-refractivity contribution in [1.82, 2.24) is 52.8 Å². The van der Waals surface area contributed by atoms with Gasteiger partial charge in [-0.25, -0.2) is 0 Å². The molecule has 0 bridgehead atoms. The minimum Gasteiger partial charge on any atom is -0.462 e. The van der Waals surface area contributed by atoms with Crippen molar-refractivity contribution in [3.8, 4) is 5.75 Å². The van der Waals surface area contributed by atoms with Gasteiger partial charge >= 0.3 is 0 Å². The maximum Gasteiger partial charge on any atom is 0.246 e. The number of guanidine groups is 2. The summed E-state index contributed by atoms with van der Waals surface area (Å²) in [6.45, 7) is -0.866. The van der Waals surface area contributed by atoms with Crippen LogP contribution in [0.3, 0.4) is 0 Å². The third kappa shape index (κ3) is 18.0. The molecular weight excluding hydrogens is 1310 g/mol. The molecule has 0 aromatic heterocycles. The van der Waals surface area contributed by atoms with Crippen molar-refractivity contribution in [2.75, 3.05) is 46.1 Å². The third-order valence-electron chi connectivity index (χ3n) is 18.7. The molecule has 7 heterocycles. The Labute approximate surface area is 567 Å². The van der Waals surface area contributed by atoms with Gasteiger partial charge in [0.25, 0.3) is 0 Å². The minimum absolute atomic E-state index is 0.0214. The number of aliphatic hydroxyl groups excluding tert-OH is 12. The number of nitrogens with zero attached hydrogens (tertiary/aromatic N) is 1. The standard InChI is InChI=1S/C62H92N12O25/c1-3-4-5-6-10-13-38-93-25-36-52(98-38)47(84)50(87)60(97-36)99-51-35(24-77)96-59(49(86)46(51)83)94-29-16-14-27(15-17-29)18-30-54(89)72-40(42(79)31-19-66-61(63)70-31)57(92)73-41(43(80)33-20-67-62(64)74(33)58-48(85)45(82)44(81)34(23-76)95-58)56(91)69-32(22-75)53(88)65-21-37(78)71-39(55(90)68-30)26(2)28-11-8-7-9-12-28/h7-9,11-12,14-17,26,30-36,38-52,58-60,75-77,79-87H,3-6,10,13,18-25H2,1-2H3,(H2,64,67)(H,65,88)(H,68,90)(H,69,91)(H,71,78)(H,72,89)(H,73,92)(H3,63,66,70). The van der Waals surface area contributed by atoms with Crippen molar-refractivity contribution in [1.29, 1.82) is 10.8 Å². The molecule has 9 rings (SSSR count). The van der Waals surface area contributed by atoms with E-state index in [2.05, 4.69) is 54.8 Å². The number of unbranched alkanes of at least 4 members (excludes halogenated alkanes) is 4. The summed E-state index contributed by atoms with van der Waals surface area (Å²) in [6, 6.07) is 1.000. The molecule has 2 aromatic rings. The van der Waals surface area contributed by atoms with Crippen LogP contribution in [-0.2, 0) is 63.6 Å². The quantitative estimate of drug-likeness (QED) is 0.0487. The van der Waals surface area contributed by atoms with Gasteiger partial charge in [-0.3, -0.25) is 39.6 Å². The second kappa shape index (κ2) is 34.5. The number of hydrogen-bond donors (Lipinski definition) is 23. The molecule has 7 aliphatic heterocycles. The van der Waals surface area contributed by atoms with Gasteiger partial charge in [0.05, 0.1) is 45.1 Å². The zero-order valence-electron chi connectivity index (χ0n) is 54.2. The van der Waals surface area contributed by atoms with E-state index in [0.717, 1.165) is 37.0 Å². The molecule has 0 radical (unpaired) electrons. The fraction of sp³-hybridized carbons (Fsp3) is 0.677. The van der Waals surface area contributed by atoms with Crippen LogP contribution in [0.1, 0.15) is 69.4 Å². The molecule has 0 aliphatic carbocycles. The van der Waals surface area contributed by atoms with Gasteiger partial charge in [-0.2, -0.15) is 0 Å². The second-order valence-electron chi connectivity index (χ2n) is 25.5. The van der Waals surface area contributed by atoms with Gasteiger partial charge in [-0.1, -0.05) is 82.0 Å². The lowest BCUT2D eigenvalue weighted by atomic mass is 9.92. The first kappa shape index (κ1) is 76.1. The van der Waals surface area contributed by atoms with Crippen molar-refractivity contribution in [2.24, 2.45) is 0 Å². The van der Waals surface area contributed by atoms with E-state index in [1.807, 2.05) is 0 Å². The zero-order chi connectivity index (χ0) is 71.5. The van der Waals surface area contributed by atoms with Gasteiger partial charge in [0.15, 0.2) is 30.7 Å². The van der Waals surface area contributed by atoms with E-state index in [0.29, 0.717) is 12.0 Å². The summed E-state index contributed by atoms with van der Waals surface area (Å²) in [5.74, 6) is -9.17. The molecule has 7 saturated heterocycles. The number of rotatable bonds is 22. The predicted molar refractivity (Wildman–Crippen MR) is 336 cm³/mol. The number of nitrogens with one attached hydrogen (secondary N) is 11. The average Bonchev–Trinajstić information content (AvgIpc) is 1.77. The summed E-state index contributed by atoms with van der Waals surface area (Å²) in [7, 11) is 0. The highest BCUT2D eigenvalue weighted by atomic mass is 16.8. The number of fused-ring (bicyclic) bond motifs is 1. The Balaban J connectivity index is 0.971. The van der Waals surface area contributed by atoms with Gasteiger partial charge in [0.1, 0.15) is 121 Å². The molecule has 37 heteroatoms. The normalized spacial score (nSPS) is 36.9. The van der Waals surface area contributed by atoms with Gasteiger partial charge in [0, 0.05) is 25.4 Å². The van der Waals surface area contributed by atoms with Crippen molar-refractivity contribution < 1.29 is 123 Å². The molecule has 37 nitrogen and oxygen atoms in total. The molecule has 0 spiro atoms. The monoisotopic (exact) mass is 1400 g/mol. The Morgan fingerprint density at radius 3 is 1.93 bits per heavy atom. The molecule has 99 heavy (non-hydrogen) atoms. The van der Waals surface area contributed by atoms with E-state index in [1.54, 1.807) is 37.3 Å². The molecule has 0 saturated carbocycles. The average molecular weight is 1410 g/mol. The van der Waals surface area contributed by atoms with E-state index >= 15 is 9.59 Å². The molecule has 6 amide bonds. The van der Waals surface area contributed by atoms with Crippen LogP contribution in [-0.4, -0.2) is 312 Å². The summed E-state index contributed by atoms with van der Waals surface area (Å²) < 4.78 is 41.3. The van der Waals surface area contributed by atoms with E-state index in [9.17, 15) is 80.5 Å². The number of hydrogen-bond acceptors (Lipinski definition) is 27. The first-order chi connectivity index (χ1) is 47.4. The van der Waals surface area contributed by atoms with E-state index in [1.165, 1.54) is 24.3 Å². The van der Waals surface area contributed by atoms with Crippen LogP contribution in [0, 0.1) is 10.8 Å². The summed E-state index contributed by atoms with van der Waals surface area (Å²) >= 11 is 0. The van der Waals surface area contributed by atoms with Crippen LogP contribution in [0.25, 0.3) is 0 Å². The van der Waals surface area contributed by atoms with Crippen molar-refractivity contribution in [2.45, 2.75) is 218 Å². The maximum atomic E-state index is 15.2. The highest BCUT2D eigenvalue weighted by Gasteiger charge is 2.55. The number of benzene rings is 2. The van der Waals surface area contributed by atoms with Crippen LogP contribution < -0.4 is 52.6 Å². The molecule has 7 aliphatic rings. The van der Waals surface area contributed by atoms with Gasteiger partial charge in [0.2, 0.25) is 41.7 Å². The Kier molecular flexibility index (Phi) is 26.5. The Morgan fingerprint density at radius 1 is 0.596 bits per heavy atom. The molecule has 2 aromatic carbocycles. The Hall–Kier alpha value is -7.12. The van der Waals surface area contributed by atoms with E-state index in [-0.39, 0.29) is 30.4 Å². The lowest BCUT2D eigenvalue weighted by molar-refractivity contribution is -0.381. The second-order valence-corrected chi connectivity index (χ2v) is 25.5. The highest BCUT2D eigenvalue weighted by Crippen LogP contribution is 2.35. The van der Waals surface area contributed by atoms with Crippen LogP contribution in [0.5, 0.6) is 5.75 Å². The molecule has 7 fully saturated rings. The number of ether oxygens (including phenoxy) is 7. The molecule has 550 valence electrons. The van der Waals surface area contributed by atoms with E-state index < -0.39 is 239 Å². The molecule has 26 atom stereocenters. The van der Waals surface area contributed by atoms with Crippen LogP contribution in [0.2, 0.25) is 0 Å². The highest BCUT2D eigenvalue weighted by molar-refractivity contribution is 5.98. The lowest BCUT2D eigenvalue weighted by Gasteiger charge is -2.48. The Bertz CT molecular complexity index is 3080. The van der Waals surface area contributed by atoms with Crippen LogP contribution in [0.4, 0.5) is 0 Å². The van der Waals surface area contributed by atoms with Crippen molar-refractivity contribution >= 4 is 47.4 Å². The fourth-order valence-electron chi connectivity index (χ4n) is 12.9. The topological polar surface area (TPSA) is 569 Å². The first-order valence-electron chi connectivity index (χ1n) is 33.0. The first-order valence-corrected chi connectivity index (χ1v) is 33.0. The number of aliphatic hydroxyl groups is 12. The Morgan fingerprint density at radius 2 is 1.25 bits per heavy atom. The summed E-state index contributed by atoms with van der Waals surface area (Å²) in [6.07, 6.45) is -24.5. The van der Waals surface area contributed by atoms with Crippen LogP contribution in [0.15, 0.2) is 54.6 Å². The molecule has 26 unspecified atom stereocenters. The predicted octanol–water partition coefficient (Wildman–Crippen LogP) is -9.44. The maximum absolute atomic E-state index is 15.2.